The number of aromatic amines is 1. The Morgan fingerprint density at radius 3 is 2.50 bits per heavy atom. The van der Waals surface area contributed by atoms with Crippen LogP contribution in [-0.2, 0) is 22.4 Å². The number of Topliss-reactive ketones (excluding diaryl/α,β-unsaturated/α-hetero) is 2. The molecule has 3 rings (SSSR count). The molecule has 3 nitrogen and oxygen atoms in total. The van der Waals surface area contributed by atoms with Gasteiger partial charge in [-0.25, -0.2) is 0 Å². The zero-order valence-electron chi connectivity index (χ0n) is 15.1. The Morgan fingerprint density at radius 2 is 1.73 bits per heavy atom. The van der Waals surface area contributed by atoms with Crippen LogP contribution in [0.4, 0.5) is 0 Å². The summed E-state index contributed by atoms with van der Waals surface area (Å²) in [5.41, 5.74) is 4.23. The second kappa shape index (κ2) is 8.63. The lowest BCUT2D eigenvalue weighted by Gasteiger charge is -2.10. The van der Waals surface area contributed by atoms with E-state index in [4.69, 9.17) is 0 Å². The van der Waals surface area contributed by atoms with Crippen molar-refractivity contribution in [3.63, 3.8) is 0 Å². The number of rotatable bonds is 9. The van der Waals surface area contributed by atoms with Crippen LogP contribution in [0.3, 0.4) is 0 Å². The van der Waals surface area contributed by atoms with Gasteiger partial charge in [-0.05, 0) is 36.5 Å². The fraction of sp³-hybridized carbons (Fsp3) is 0.364. The van der Waals surface area contributed by atoms with E-state index < -0.39 is 0 Å². The van der Waals surface area contributed by atoms with E-state index >= 15 is 0 Å². The summed E-state index contributed by atoms with van der Waals surface area (Å²) in [7, 11) is 0. The molecule has 1 N–H and O–H groups in total. The van der Waals surface area contributed by atoms with Gasteiger partial charge in [-0.1, -0.05) is 59.1 Å². The summed E-state index contributed by atoms with van der Waals surface area (Å²) in [6, 6.07) is 12.4. The highest BCUT2D eigenvalue weighted by Gasteiger charge is 2.17. The summed E-state index contributed by atoms with van der Waals surface area (Å²) < 4.78 is 0. The molecule has 1 heterocycles. The van der Waals surface area contributed by atoms with E-state index in [9.17, 15) is 9.59 Å². The highest BCUT2D eigenvalue weighted by Crippen LogP contribution is 2.30. The molecule has 0 amide bonds. The summed E-state index contributed by atoms with van der Waals surface area (Å²) in [6.45, 7) is 1.35. The number of carbonyl (C=O) groups excluding carboxylic acids is 2. The second-order valence-corrected chi connectivity index (χ2v) is 7.60. The van der Waals surface area contributed by atoms with Crippen molar-refractivity contribution >= 4 is 49.3 Å². The summed E-state index contributed by atoms with van der Waals surface area (Å²) >= 11 is 3.47. The zero-order valence-corrected chi connectivity index (χ0v) is 16.7. The number of unbranched alkanes of at least 4 members (excludes halogenated alkanes) is 3. The van der Waals surface area contributed by atoms with Crippen LogP contribution < -0.4 is 0 Å². The molecule has 2 aromatic carbocycles. The van der Waals surface area contributed by atoms with E-state index in [-0.39, 0.29) is 18.0 Å². The molecule has 0 fully saturated rings. The van der Waals surface area contributed by atoms with Crippen LogP contribution in [-0.4, -0.2) is 21.9 Å². The molecule has 1 aromatic heterocycles. The van der Waals surface area contributed by atoms with Crippen molar-refractivity contribution in [3.05, 3.63) is 47.5 Å². The SMILES string of the molecule is CC(=O)C(=O)Cc1c(CCCCCCBr)ccc2c1[nH]c1ccccc12. The number of hydrogen-bond donors (Lipinski definition) is 1. The molecule has 136 valence electrons. The number of aromatic nitrogens is 1. The number of hydrogen-bond acceptors (Lipinski definition) is 2. The molecule has 0 aliphatic rings. The average molecular weight is 414 g/mol. The van der Waals surface area contributed by atoms with Crippen LogP contribution in [0.2, 0.25) is 0 Å². The predicted octanol–water partition coefficient (Wildman–Crippen LogP) is 5.52. The minimum absolute atomic E-state index is 0.177. The van der Waals surface area contributed by atoms with Crippen molar-refractivity contribution in [2.24, 2.45) is 0 Å². The molecule has 0 unspecified atom stereocenters. The van der Waals surface area contributed by atoms with Crippen LogP contribution in [0.15, 0.2) is 36.4 Å². The number of ketones is 2. The third-order valence-corrected chi connectivity index (χ3v) is 5.51. The molecule has 0 aliphatic carbocycles. The van der Waals surface area contributed by atoms with Gasteiger partial charge in [-0.3, -0.25) is 9.59 Å². The van der Waals surface area contributed by atoms with Gasteiger partial charge >= 0.3 is 0 Å². The van der Waals surface area contributed by atoms with Gasteiger partial charge in [0.25, 0.3) is 0 Å². The fourth-order valence-corrected chi connectivity index (χ4v) is 3.90. The first-order valence-electron chi connectivity index (χ1n) is 9.22. The van der Waals surface area contributed by atoms with Gasteiger partial charge in [0.2, 0.25) is 5.78 Å². The van der Waals surface area contributed by atoms with Gasteiger partial charge in [0.05, 0.1) is 5.52 Å². The molecule has 0 radical (unpaired) electrons. The lowest BCUT2D eigenvalue weighted by molar-refractivity contribution is -0.134. The molecular weight excluding hydrogens is 390 g/mol. The van der Waals surface area contributed by atoms with Crippen molar-refractivity contribution < 1.29 is 9.59 Å². The summed E-state index contributed by atoms with van der Waals surface area (Å²) in [5.74, 6) is -0.696. The zero-order chi connectivity index (χ0) is 18.5. The Kier molecular flexibility index (Phi) is 6.25. The van der Waals surface area contributed by atoms with Crippen LogP contribution in [0.25, 0.3) is 21.8 Å². The second-order valence-electron chi connectivity index (χ2n) is 6.81. The van der Waals surface area contributed by atoms with E-state index in [1.54, 1.807) is 0 Å². The highest BCUT2D eigenvalue weighted by molar-refractivity contribution is 9.09. The van der Waals surface area contributed by atoms with Crippen molar-refractivity contribution in [3.8, 4) is 0 Å². The average Bonchev–Trinajstić information content (AvgIpc) is 3.01. The fourth-order valence-electron chi connectivity index (χ4n) is 3.50. The Balaban J connectivity index is 1.98. The monoisotopic (exact) mass is 413 g/mol. The van der Waals surface area contributed by atoms with E-state index in [1.165, 1.54) is 31.7 Å². The molecule has 0 bridgehead atoms. The maximum absolute atomic E-state index is 12.2. The van der Waals surface area contributed by atoms with E-state index in [2.05, 4.69) is 39.1 Å². The number of halogens is 1. The van der Waals surface area contributed by atoms with Gasteiger partial charge in [-0.15, -0.1) is 0 Å². The van der Waals surface area contributed by atoms with Crippen LogP contribution in [0.1, 0.15) is 43.7 Å². The number of aryl methyl sites for hydroxylation is 1. The molecule has 0 saturated heterocycles. The van der Waals surface area contributed by atoms with Gasteiger partial charge in [0, 0.05) is 35.0 Å². The normalized spacial score (nSPS) is 11.3. The molecule has 0 saturated carbocycles. The smallest absolute Gasteiger partial charge is 0.202 e. The first kappa shape index (κ1) is 18.8. The highest BCUT2D eigenvalue weighted by atomic mass is 79.9. The minimum Gasteiger partial charge on any atom is -0.354 e. The largest absolute Gasteiger partial charge is 0.354 e. The van der Waals surface area contributed by atoms with Gasteiger partial charge in [0.15, 0.2) is 5.78 Å². The number of benzene rings is 2. The number of carbonyl (C=O) groups is 2. The van der Waals surface area contributed by atoms with E-state index in [1.807, 2.05) is 18.2 Å². The molecule has 0 spiro atoms. The molecular formula is C22H24BrNO2. The van der Waals surface area contributed by atoms with E-state index in [0.717, 1.165) is 45.5 Å². The van der Waals surface area contributed by atoms with Crippen molar-refractivity contribution in [1.82, 2.24) is 4.98 Å². The van der Waals surface area contributed by atoms with Crippen molar-refractivity contribution in [2.45, 2.75) is 45.4 Å². The lowest BCUT2D eigenvalue weighted by Crippen LogP contribution is -2.14. The standard InChI is InChI=1S/C22H24BrNO2/c1-15(25)21(26)14-19-16(8-4-2-3-7-13-23)11-12-18-17-9-5-6-10-20(17)24-22(18)19/h5-6,9-12,24H,2-4,7-8,13-14H2,1H3. The molecule has 3 aromatic rings. The molecule has 0 atom stereocenters. The van der Waals surface area contributed by atoms with Gasteiger partial charge < -0.3 is 4.98 Å². The first-order valence-corrected chi connectivity index (χ1v) is 10.3. The third-order valence-electron chi connectivity index (χ3n) is 4.95. The summed E-state index contributed by atoms with van der Waals surface area (Å²) in [4.78, 5) is 27.2. The van der Waals surface area contributed by atoms with Crippen molar-refractivity contribution in [2.75, 3.05) is 5.33 Å². The summed E-state index contributed by atoms with van der Waals surface area (Å²) in [6.07, 6.45) is 5.79. The third kappa shape index (κ3) is 4.07. The number of para-hydroxylation sites is 1. The maximum Gasteiger partial charge on any atom is 0.202 e. The number of nitrogens with one attached hydrogen (secondary N) is 1. The summed E-state index contributed by atoms with van der Waals surface area (Å²) in [5, 5.41) is 3.32. The van der Waals surface area contributed by atoms with E-state index in [0.29, 0.717) is 0 Å². The van der Waals surface area contributed by atoms with Crippen molar-refractivity contribution in [1.29, 1.82) is 0 Å². The van der Waals surface area contributed by atoms with Crippen LogP contribution in [0, 0.1) is 0 Å². The maximum atomic E-state index is 12.2. The van der Waals surface area contributed by atoms with Crippen LogP contribution >= 0.6 is 15.9 Å². The quantitative estimate of drug-likeness (QED) is 0.285. The molecule has 26 heavy (non-hydrogen) atoms. The van der Waals surface area contributed by atoms with Gasteiger partial charge in [0.1, 0.15) is 0 Å². The molecule has 0 aliphatic heterocycles. The number of H-pyrrole nitrogens is 1. The topological polar surface area (TPSA) is 49.9 Å². The number of fused-ring (bicyclic) bond motifs is 3. The van der Waals surface area contributed by atoms with Gasteiger partial charge in [-0.2, -0.15) is 0 Å². The lowest BCUT2D eigenvalue weighted by atomic mass is 9.94. The minimum atomic E-state index is -0.374. The Morgan fingerprint density at radius 1 is 0.962 bits per heavy atom. The first-order chi connectivity index (χ1) is 12.6. The predicted molar refractivity (Wildman–Crippen MR) is 111 cm³/mol. The Labute approximate surface area is 162 Å². The Bertz CT molecular complexity index is 942. The number of alkyl halides is 1. The van der Waals surface area contributed by atoms with Crippen LogP contribution in [0.5, 0.6) is 0 Å². The Hall–Kier alpha value is -1.94. The molecule has 4 heteroatoms.